The minimum atomic E-state index is -0.401. The van der Waals surface area contributed by atoms with Crippen LogP contribution in [0, 0.1) is 6.92 Å². The van der Waals surface area contributed by atoms with Crippen LogP contribution in [0.1, 0.15) is 27.3 Å². The summed E-state index contributed by atoms with van der Waals surface area (Å²) >= 11 is 0. The standard InChI is InChI=1S/C15H17N3O/c1-11-4-2-7-14(18-11)10-17-9-12-5-3-6-13(8-12)15(16)19/h2-8,17H,9-10H2,1H3,(H2,16,19). The first kappa shape index (κ1) is 13.2. The van der Waals surface area contributed by atoms with E-state index in [0.717, 1.165) is 17.0 Å². The second-order valence-electron chi connectivity index (χ2n) is 4.44. The molecule has 4 nitrogen and oxygen atoms in total. The zero-order valence-corrected chi connectivity index (χ0v) is 10.9. The summed E-state index contributed by atoms with van der Waals surface area (Å²) in [7, 11) is 0. The highest BCUT2D eigenvalue weighted by atomic mass is 16.1. The lowest BCUT2D eigenvalue weighted by Gasteiger charge is -2.06. The summed E-state index contributed by atoms with van der Waals surface area (Å²) in [4.78, 5) is 15.5. The van der Waals surface area contributed by atoms with Gasteiger partial charge in [0.1, 0.15) is 0 Å². The van der Waals surface area contributed by atoms with Crippen LogP contribution in [0.2, 0.25) is 0 Å². The Morgan fingerprint density at radius 2 is 2.00 bits per heavy atom. The lowest BCUT2D eigenvalue weighted by Crippen LogP contribution is -2.15. The van der Waals surface area contributed by atoms with Gasteiger partial charge in [0.25, 0.3) is 0 Å². The van der Waals surface area contributed by atoms with Crippen molar-refractivity contribution in [3.05, 3.63) is 65.0 Å². The third-order valence-electron chi connectivity index (χ3n) is 2.79. The van der Waals surface area contributed by atoms with Crippen LogP contribution >= 0.6 is 0 Å². The van der Waals surface area contributed by atoms with E-state index < -0.39 is 5.91 Å². The molecule has 0 spiro atoms. The monoisotopic (exact) mass is 255 g/mol. The van der Waals surface area contributed by atoms with Crippen LogP contribution in [-0.4, -0.2) is 10.9 Å². The number of hydrogen-bond donors (Lipinski definition) is 2. The second-order valence-corrected chi connectivity index (χ2v) is 4.44. The maximum atomic E-state index is 11.1. The van der Waals surface area contributed by atoms with Crippen molar-refractivity contribution >= 4 is 5.91 Å². The van der Waals surface area contributed by atoms with Crippen molar-refractivity contribution in [1.29, 1.82) is 0 Å². The van der Waals surface area contributed by atoms with Crippen LogP contribution < -0.4 is 11.1 Å². The van der Waals surface area contributed by atoms with E-state index in [9.17, 15) is 4.79 Å². The second kappa shape index (κ2) is 6.11. The summed E-state index contributed by atoms with van der Waals surface area (Å²) in [5.74, 6) is -0.401. The maximum Gasteiger partial charge on any atom is 0.248 e. The molecule has 0 saturated carbocycles. The molecule has 0 aliphatic carbocycles. The number of nitrogens with zero attached hydrogens (tertiary/aromatic N) is 1. The molecule has 1 aromatic heterocycles. The van der Waals surface area contributed by atoms with E-state index in [1.54, 1.807) is 12.1 Å². The van der Waals surface area contributed by atoms with Gasteiger partial charge >= 0.3 is 0 Å². The van der Waals surface area contributed by atoms with Crippen molar-refractivity contribution in [2.45, 2.75) is 20.0 Å². The van der Waals surface area contributed by atoms with Gasteiger partial charge in [-0.3, -0.25) is 9.78 Å². The quantitative estimate of drug-likeness (QED) is 0.855. The molecule has 0 aliphatic rings. The van der Waals surface area contributed by atoms with E-state index in [1.165, 1.54) is 0 Å². The number of amides is 1. The van der Waals surface area contributed by atoms with Gasteiger partial charge in [0.2, 0.25) is 5.91 Å². The Kier molecular flexibility index (Phi) is 4.26. The number of nitrogens with two attached hydrogens (primary N) is 1. The molecule has 0 radical (unpaired) electrons. The van der Waals surface area contributed by atoms with E-state index in [1.807, 2.05) is 37.3 Å². The molecular formula is C15H17N3O. The lowest BCUT2D eigenvalue weighted by molar-refractivity contribution is 0.1000. The van der Waals surface area contributed by atoms with Crippen LogP contribution in [0.25, 0.3) is 0 Å². The number of rotatable bonds is 5. The van der Waals surface area contributed by atoms with Crippen LogP contribution in [0.15, 0.2) is 42.5 Å². The number of carbonyl (C=O) groups excluding carboxylic acids is 1. The van der Waals surface area contributed by atoms with Gasteiger partial charge < -0.3 is 11.1 Å². The van der Waals surface area contributed by atoms with Crippen molar-refractivity contribution < 1.29 is 4.79 Å². The molecule has 98 valence electrons. The third-order valence-corrected chi connectivity index (χ3v) is 2.79. The van der Waals surface area contributed by atoms with Gasteiger partial charge in [-0.25, -0.2) is 0 Å². The predicted octanol–water partition coefficient (Wildman–Crippen LogP) is 1.78. The van der Waals surface area contributed by atoms with Gasteiger partial charge in [0.15, 0.2) is 0 Å². The van der Waals surface area contributed by atoms with E-state index in [0.29, 0.717) is 18.7 Å². The minimum absolute atomic E-state index is 0.401. The summed E-state index contributed by atoms with van der Waals surface area (Å²) in [5.41, 5.74) is 8.83. The van der Waals surface area contributed by atoms with E-state index >= 15 is 0 Å². The fourth-order valence-electron chi connectivity index (χ4n) is 1.87. The minimum Gasteiger partial charge on any atom is -0.366 e. The Morgan fingerprint density at radius 1 is 1.21 bits per heavy atom. The molecule has 4 heteroatoms. The summed E-state index contributed by atoms with van der Waals surface area (Å²) in [6.07, 6.45) is 0. The van der Waals surface area contributed by atoms with Crippen molar-refractivity contribution in [3.8, 4) is 0 Å². The van der Waals surface area contributed by atoms with Gasteiger partial charge in [-0.05, 0) is 36.8 Å². The highest BCUT2D eigenvalue weighted by molar-refractivity contribution is 5.92. The van der Waals surface area contributed by atoms with Crippen LogP contribution in [0.4, 0.5) is 0 Å². The molecule has 0 fully saturated rings. The number of aromatic nitrogens is 1. The molecule has 1 heterocycles. The first-order chi connectivity index (χ1) is 9.15. The van der Waals surface area contributed by atoms with Crippen molar-refractivity contribution in [2.75, 3.05) is 0 Å². The van der Waals surface area contributed by atoms with Crippen LogP contribution in [0.3, 0.4) is 0 Å². The molecule has 2 rings (SSSR count). The van der Waals surface area contributed by atoms with Gasteiger partial charge in [-0.1, -0.05) is 18.2 Å². The summed E-state index contributed by atoms with van der Waals surface area (Å²) < 4.78 is 0. The molecule has 3 N–H and O–H groups in total. The molecule has 0 bridgehead atoms. The molecule has 1 amide bonds. The van der Waals surface area contributed by atoms with E-state index in [2.05, 4.69) is 10.3 Å². The average molecular weight is 255 g/mol. The molecule has 2 aromatic rings. The SMILES string of the molecule is Cc1cccc(CNCc2cccc(C(N)=O)c2)n1. The smallest absolute Gasteiger partial charge is 0.248 e. The summed E-state index contributed by atoms with van der Waals surface area (Å²) in [6.45, 7) is 3.35. The molecule has 19 heavy (non-hydrogen) atoms. The summed E-state index contributed by atoms with van der Waals surface area (Å²) in [6, 6.07) is 13.3. The number of pyridine rings is 1. The Labute approximate surface area is 112 Å². The fourth-order valence-corrected chi connectivity index (χ4v) is 1.87. The fraction of sp³-hybridized carbons (Fsp3) is 0.200. The third kappa shape index (κ3) is 3.89. The normalized spacial score (nSPS) is 10.4. The Hall–Kier alpha value is -2.20. The average Bonchev–Trinajstić information content (AvgIpc) is 2.39. The topological polar surface area (TPSA) is 68.0 Å². The van der Waals surface area contributed by atoms with Gasteiger partial charge in [-0.15, -0.1) is 0 Å². The first-order valence-electron chi connectivity index (χ1n) is 6.17. The summed E-state index contributed by atoms with van der Waals surface area (Å²) in [5, 5.41) is 3.30. The largest absolute Gasteiger partial charge is 0.366 e. The van der Waals surface area contributed by atoms with E-state index in [-0.39, 0.29) is 0 Å². The predicted molar refractivity (Wildman–Crippen MR) is 74.5 cm³/mol. The van der Waals surface area contributed by atoms with E-state index in [4.69, 9.17) is 5.73 Å². The van der Waals surface area contributed by atoms with Gasteiger partial charge in [0.05, 0.1) is 5.69 Å². The Morgan fingerprint density at radius 3 is 2.74 bits per heavy atom. The molecular weight excluding hydrogens is 238 g/mol. The number of carbonyl (C=O) groups is 1. The highest BCUT2D eigenvalue weighted by Crippen LogP contribution is 2.05. The molecule has 0 atom stereocenters. The number of benzene rings is 1. The van der Waals surface area contributed by atoms with Crippen LogP contribution in [0.5, 0.6) is 0 Å². The van der Waals surface area contributed by atoms with Gasteiger partial charge in [-0.2, -0.15) is 0 Å². The molecule has 0 aliphatic heterocycles. The van der Waals surface area contributed by atoms with Crippen molar-refractivity contribution in [1.82, 2.24) is 10.3 Å². The number of hydrogen-bond acceptors (Lipinski definition) is 3. The van der Waals surface area contributed by atoms with Gasteiger partial charge in [0, 0.05) is 24.3 Å². The zero-order chi connectivity index (χ0) is 13.7. The molecule has 0 unspecified atom stereocenters. The van der Waals surface area contributed by atoms with Crippen molar-refractivity contribution in [3.63, 3.8) is 0 Å². The zero-order valence-electron chi connectivity index (χ0n) is 10.9. The molecule has 1 aromatic carbocycles. The lowest BCUT2D eigenvalue weighted by atomic mass is 10.1. The Balaban J connectivity index is 1.92. The maximum absolute atomic E-state index is 11.1. The number of nitrogens with one attached hydrogen (secondary N) is 1. The van der Waals surface area contributed by atoms with Crippen molar-refractivity contribution in [2.24, 2.45) is 5.73 Å². The molecule has 0 saturated heterocycles. The number of aryl methyl sites for hydroxylation is 1. The van der Waals surface area contributed by atoms with Crippen LogP contribution in [-0.2, 0) is 13.1 Å². The first-order valence-corrected chi connectivity index (χ1v) is 6.17. The number of primary amides is 1. The Bertz CT molecular complexity index is 581. The highest BCUT2D eigenvalue weighted by Gasteiger charge is 2.01.